The standard InChI is InChI=1S/C17H19N5OS/c1-11-16(24-10-20-11)17-21-13-4-2-3-5-14(13)22(17)9-15(23)19-8-12-6-18-7-12/h2-5,10,12,18H,6-9H2,1H3,(H,19,23). The fourth-order valence-corrected chi connectivity index (χ4v) is 3.68. The van der Waals surface area contributed by atoms with E-state index in [1.807, 2.05) is 41.3 Å². The average molecular weight is 341 g/mol. The van der Waals surface area contributed by atoms with E-state index in [2.05, 4.69) is 15.6 Å². The number of carbonyl (C=O) groups is 1. The molecule has 0 aliphatic carbocycles. The molecule has 0 spiro atoms. The van der Waals surface area contributed by atoms with Gasteiger partial charge in [-0.25, -0.2) is 9.97 Å². The summed E-state index contributed by atoms with van der Waals surface area (Å²) in [6.07, 6.45) is 0. The molecule has 0 unspecified atom stereocenters. The van der Waals surface area contributed by atoms with Crippen molar-refractivity contribution in [3.8, 4) is 10.7 Å². The lowest BCUT2D eigenvalue weighted by Crippen LogP contribution is -2.48. The van der Waals surface area contributed by atoms with E-state index in [1.165, 1.54) is 0 Å². The zero-order chi connectivity index (χ0) is 16.5. The minimum Gasteiger partial charge on any atom is -0.354 e. The predicted molar refractivity (Wildman–Crippen MR) is 94.9 cm³/mol. The monoisotopic (exact) mass is 341 g/mol. The normalized spacial score (nSPS) is 14.7. The predicted octanol–water partition coefficient (Wildman–Crippen LogP) is 1.80. The van der Waals surface area contributed by atoms with Crippen molar-refractivity contribution in [2.24, 2.45) is 5.92 Å². The number of hydrogen-bond acceptors (Lipinski definition) is 5. The topological polar surface area (TPSA) is 71.8 Å². The van der Waals surface area contributed by atoms with Gasteiger partial charge in [0.1, 0.15) is 6.54 Å². The van der Waals surface area contributed by atoms with E-state index in [1.54, 1.807) is 11.3 Å². The van der Waals surface area contributed by atoms with Gasteiger partial charge in [-0.05, 0) is 19.1 Å². The molecule has 24 heavy (non-hydrogen) atoms. The number of thiazole rings is 1. The van der Waals surface area contributed by atoms with Crippen LogP contribution in [0.25, 0.3) is 21.7 Å². The maximum Gasteiger partial charge on any atom is 0.240 e. The number of aromatic nitrogens is 3. The maximum absolute atomic E-state index is 12.4. The summed E-state index contributed by atoms with van der Waals surface area (Å²) < 4.78 is 1.99. The first-order valence-corrected chi connectivity index (χ1v) is 8.93. The SMILES string of the molecule is Cc1ncsc1-c1nc2ccccc2n1CC(=O)NCC1CNC1. The van der Waals surface area contributed by atoms with Crippen molar-refractivity contribution in [1.29, 1.82) is 0 Å². The quantitative estimate of drug-likeness (QED) is 0.742. The van der Waals surface area contributed by atoms with Crippen LogP contribution in [0.15, 0.2) is 29.8 Å². The molecule has 1 aromatic carbocycles. The Morgan fingerprint density at radius 3 is 2.96 bits per heavy atom. The van der Waals surface area contributed by atoms with Gasteiger partial charge in [-0.1, -0.05) is 12.1 Å². The number of imidazole rings is 1. The lowest BCUT2D eigenvalue weighted by atomic mass is 10.0. The number of para-hydroxylation sites is 2. The van der Waals surface area contributed by atoms with Crippen molar-refractivity contribution in [3.05, 3.63) is 35.5 Å². The van der Waals surface area contributed by atoms with Crippen molar-refractivity contribution in [2.45, 2.75) is 13.5 Å². The minimum absolute atomic E-state index is 0.0217. The molecule has 0 saturated carbocycles. The van der Waals surface area contributed by atoms with Crippen LogP contribution in [-0.2, 0) is 11.3 Å². The third kappa shape index (κ3) is 2.81. The van der Waals surface area contributed by atoms with Crippen LogP contribution in [0.4, 0.5) is 0 Å². The average Bonchev–Trinajstić information content (AvgIpc) is 3.10. The van der Waals surface area contributed by atoms with Gasteiger partial charge < -0.3 is 15.2 Å². The van der Waals surface area contributed by atoms with E-state index >= 15 is 0 Å². The van der Waals surface area contributed by atoms with Crippen LogP contribution < -0.4 is 10.6 Å². The molecule has 1 fully saturated rings. The molecular weight excluding hydrogens is 322 g/mol. The highest BCUT2D eigenvalue weighted by Gasteiger charge is 2.20. The van der Waals surface area contributed by atoms with Gasteiger partial charge in [0.05, 0.1) is 27.1 Å². The molecule has 2 N–H and O–H groups in total. The Balaban J connectivity index is 1.64. The molecule has 6 nitrogen and oxygen atoms in total. The van der Waals surface area contributed by atoms with Crippen LogP contribution in [0.2, 0.25) is 0 Å². The van der Waals surface area contributed by atoms with Crippen LogP contribution in [0, 0.1) is 12.8 Å². The molecule has 3 heterocycles. The first kappa shape index (κ1) is 15.3. The van der Waals surface area contributed by atoms with E-state index in [0.717, 1.165) is 47.1 Å². The van der Waals surface area contributed by atoms with Crippen LogP contribution in [0.1, 0.15) is 5.69 Å². The molecule has 3 aromatic rings. The summed E-state index contributed by atoms with van der Waals surface area (Å²) in [5, 5.41) is 6.25. The molecule has 124 valence electrons. The van der Waals surface area contributed by atoms with Gasteiger partial charge in [0.25, 0.3) is 0 Å². The van der Waals surface area contributed by atoms with E-state index in [0.29, 0.717) is 5.92 Å². The second-order valence-corrected chi connectivity index (χ2v) is 6.96. The molecule has 0 bridgehead atoms. The molecule has 2 aromatic heterocycles. The molecular formula is C17H19N5OS. The first-order valence-electron chi connectivity index (χ1n) is 8.05. The van der Waals surface area contributed by atoms with Crippen molar-refractivity contribution in [2.75, 3.05) is 19.6 Å². The highest BCUT2D eigenvalue weighted by atomic mass is 32.1. The van der Waals surface area contributed by atoms with E-state index in [4.69, 9.17) is 4.98 Å². The van der Waals surface area contributed by atoms with Gasteiger partial charge in [-0.15, -0.1) is 11.3 Å². The van der Waals surface area contributed by atoms with Crippen LogP contribution in [0.3, 0.4) is 0 Å². The summed E-state index contributed by atoms with van der Waals surface area (Å²) in [5.41, 5.74) is 4.63. The number of carbonyl (C=O) groups excluding carboxylic acids is 1. The number of aryl methyl sites for hydroxylation is 1. The molecule has 1 aliphatic heterocycles. The molecule has 4 rings (SSSR count). The summed E-state index contributed by atoms with van der Waals surface area (Å²) >= 11 is 1.56. The number of benzene rings is 1. The summed E-state index contributed by atoms with van der Waals surface area (Å²) in [4.78, 5) is 22.5. The van der Waals surface area contributed by atoms with Crippen molar-refractivity contribution < 1.29 is 4.79 Å². The molecule has 1 amide bonds. The van der Waals surface area contributed by atoms with Crippen LogP contribution in [0.5, 0.6) is 0 Å². The zero-order valence-corrected chi connectivity index (χ0v) is 14.3. The lowest BCUT2D eigenvalue weighted by Gasteiger charge is -2.27. The van der Waals surface area contributed by atoms with Crippen molar-refractivity contribution in [1.82, 2.24) is 25.2 Å². The summed E-state index contributed by atoms with van der Waals surface area (Å²) in [7, 11) is 0. The summed E-state index contributed by atoms with van der Waals surface area (Å²) in [5.74, 6) is 1.39. The minimum atomic E-state index is 0.0217. The van der Waals surface area contributed by atoms with Gasteiger partial charge in [0, 0.05) is 25.6 Å². The molecule has 1 saturated heterocycles. The smallest absolute Gasteiger partial charge is 0.240 e. The van der Waals surface area contributed by atoms with Crippen LogP contribution >= 0.6 is 11.3 Å². The Morgan fingerprint density at radius 2 is 2.25 bits per heavy atom. The second kappa shape index (κ2) is 6.33. The Morgan fingerprint density at radius 1 is 1.42 bits per heavy atom. The Hall–Kier alpha value is -2.25. The lowest BCUT2D eigenvalue weighted by molar-refractivity contribution is -0.121. The third-order valence-electron chi connectivity index (χ3n) is 4.36. The van der Waals surface area contributed by atoms with Crippen molar-refractivity contribution in [3.63, 3.8) is 0 Å². The molecule has 1 aliphatic rings. The summed E-state index contributed by atoms with van der Waals surface area (Å²) in [6.45, 7) is 4.94. The van der Waals surface area contributed by atoms with Gasteiger partial charge in [0.15, 0.2) is 5.82 Å². The fourth-order valence-electron chi connectivity index (χ4n) is 2.88. The summed E-state index contributed by atoms with van der Waals surface area (Å²) in [6, 6.07) is 7.92. The highest BCUT2D eigenvalue weighted by molar-refractivity contribution is 7.13. The maximum atomic E-state index is 12.4. The van der Waals surface area contributed by atoms with Crippen LogP contribution in [-0.4, -0.2) is 40.1 Å². The number of nitrogens with zero attached hydrogens (tertiary/aromatic N) is 3. The first-order chi connectivity index (χ1) is 11.7. The molecule has 7 heteroatoms. The van der Waals surface area contributed by atoms with E-state index in [9.17, 15) is 4.79 Å². The number of fused-ring (bicyclic) bond motifs is 1. The number of rotatable bonds is 5. The number of amides is 1. The van der Waals surface area contributed by atoms with Crippen molar-refractivity contribution >= 4 is 28.3 Å². The Labute approximate surface area is 143 Å². The van der Waals surface area contributed by atoms with Gasteiger partial charge in [0.2, 0.25) is 5.91 Å². The highest BCUT2D eigenvalue weighted by Crippen LogP contribution is 2.29. The Kier molecular flexibility index (Phi) is 4.03. The van der Waals surface area contributed by atoms with Gasteiger partial charge in [-0.2, -0.15) is 0 Å². The van der Waals surface area contributed by atoms with Gasteiger partial charge >= 0.3 is 0 Å². The van der Waals surface area contributed by atoms with E-state index < -0.39 is 0 Å². The van der Waals surface area contributed by atoms with E-state index in [-0.39, 0.29) is 12.5 Å². The number of nitrogens with one attached hydrogen (secondary N) is 2. The second-order valence-electron chi connectivity index (χ2n) is 6.11. The third-order valence-corrected chi connectivity index (χ3v) is 5.28. The largest absolute Gasteiger partial charge is 0.354 e. The van der Waals surface area contributed by atoms with Gasteiger partial charge in [-0.3, -0.25) is 4.79 Å². The fraction of sp³-hybridized carbons (Fsp3) is 0.353. The molecule has 0 radical (unpaired) electrons. The zero-order valence-electron chi connectivity index (χ0n) is 13.5. The molecule has 0 atom stereocenters. The number of hydrogen-bond donors (Lipinski definition) is 2. The Bertz CT molecular complexity index is 880.